The van der Waals surface area contributed by atoms with Gasteiger partial charge in [0.05, 0.1) is 6.61 Å². The van der Waals surface area contributed by atoms with E-state index in [1.807, 2.05) is 0 Å². The zero-order valence-corrected chi connectivity index (χ0v) is 15.3. The van der Waals surface area contributed by atoms with Crippen molar-refractivity contribution >= 4 is 5.97 Å². The quantitative estimate of drug-likeness (QED) is 0.200. The van der Waals surface area contributed by atoms with Gasteiger partial charge in [-0.3, -0.25) is 4.79 Å². The van der Waals surface area contributed by atoms with Crippen molar-refractivity contribution < 1.29 is 59.5 Å². The van der Waals surface area contributed by atoms with Gasteiger partial charge in [-0.15, -0.1) is 0 Å². The molecule has 0 saturated carbocycles. The normalized spacial score (nSPS) is 44.3. The molecule has 2 heterocycles. The number of hydrogen-bond acceptors (Lipinski definition) is 12. The fraction of sp³-hybridized carbons (Fsp3) is 0.938. The van der Waals surface area contributed by atoms with Crippen LogP contribution in [0.2, 0.25) is 0 Å². The van der Waals surface area contributed by atoms with Crippen molar-refractivity contribution in [3.05, 3.63) is 0 Å². The molecule has 0 aromatic heterocycles. The van der Waals surface area contributed by atoms with Crippen LogP contribution in [-0.4, -0.2) is 116 Å². The molecule has 0 bridgehead atoms. The SMILES string of the molecule is CCCC(=O)OC[C@H]1O[C@@H](O[C@H]2[C@H](O)[C@@H](O)[C@H](O)O[C@@H]2CO)[C@H](O)[C@@H](O)[C@H]1O. The number of carbonyl (C=O) groups is 1. The molecular weight excluding hydrogens is 384 g/mol. The van der Waals surface area contributed by atoms with Crippen molar-refractivity contribution in [2.45, 2.75) is 81.2 Å². The van der Waals surface area contributed by atoms with Crippen molar-refractivity contribution in [1.82, 2.24) is 0 Å². The summed E-state index contributed by atoms with van der Waals surface area (Å²) in [6, 6.07) is 0. The fourth-order valence-electron chi connectivity index (χ4n) is 3.01. The molecular formula is C16H28O12. The Bertz CT molecular complexity index is 502. The fourth-order valence-corrected chi connectivity index (χ4v) is 3.01. The molecule has 0 spiro atoms. The Labute approximate surface area is 160 Å². The van der Waals surface area contributed by atoms with Crippen molar-refractivity contribution in [1.29, 1.82) is 0 Å². The van der Waals surface area contributed by atoms with Crippen LogP contribution in [0.15, 0.2) is 0 Å². The molecule has 2 rings (SSSR count). The third-order valence-electron chi connectivity index (χ3n) is 4.66. The highest BCUT2D eigenvalue weighted by atomic mass is 16.7. The maximum Gasteiger partial charge on any atom is 0.305 e. The molecule has 12 heteroatoms. The molecule has 7 N–H and O–H groups in total. The van der Waals surface area contributed by atoms with E-state index in [0.717, 1.165) is 0 Å². The number of esters is 1. The minimum atomic E-state index is -1.76. The Morgan fingerprint density at radius 3 is 2.18 bits per heavy atom. The molecule has 28 heavy (non-hydrogen) atoms. The monoisotopic (exact) mass is 412 g/mol. The van der Waals surface area contributed by atoms with Crippen LogP contribution >= 0.6 is 0 Å². The minimum Gasteiger partial charge on any atom is -0.463 e. The summed E-state index contributed by atoms with van der Waals surface area (Å²) in [7, 11) is 0. The lowest BCUT2D eigenvalue weighted by atomic mass is 9.97. The van der Waals surface area contributed by atoms with E-state index in [1.54, 1.807) is 6.92 Å². The van der Waals surface area contributed by atoms with Crippen molar-refractivity contribution in [3.8, 4) is 0 Å². The number of aliphatic hydroxyl groups is 7. The van der Waals surface area contributed by atoms with E-state index in [-0.39, 0.29) is 6.42 Å². The maximum atomic E-state index is 11.5. The lowest BCUT2D eigenvalue weighted by Gasteiger charge is -2.45. The second-order valence-corrected chi connectivity index (χ2v) is 6.78. The average molecular weight is 412 g/mol. The zero-order chi connectivity index (χ0) is 21.0. The van der Waals surface area contributed by atoms with Gasteiger partial charge in [0.15, 0.2) is 12.6 Å². The molecule has 0 radical (unpaired) electrons. The van der Waals surface area contributed by atoms with E-state index in [0.29, 0.717) is 6.42 Å². The summed E-state index contributed by atoms with van der Waals surface area (Å²) < 4.78 is 20.6. The molecule has 2 aliphatic heterocycles. The molecule has 2 saturated heterocycles. The highest BCUT2D eigenvalue weighted by Crippen LogP contribution is 2.28. The summed E-state index contributed by atoms with van der Waals surface area (Å²) in [6.07, 6.45) is -15.2. The Morgan fingerprint density at radius 2 is 1.57 bits per heavy atom. The van der Waals surface area contributed by atoms with Crippen LogP contribution in [0.3, 0.4) is 0 Å². The van der Waals surface area contributed by atoms with Gasteiger partial charge in [-0.05, 0) is 6.42 Å². The van der Waals surface area contributed by atoms with E-state index >= 15 is 0 Å². The molecule has 0 aliphatic carbocycles. The first-order valence-electron chi connectivity index (χ1n) is 9.02. The van der Waals surface area contributed by atoms with Crippen molar-refractivity contribution in [2.75, 3.05) is 13.2 Å². The van der Waals surface area contributed by atoms with Crippen LogP contribution < -0.4 is 0 Å². The first kappa shape index (κ1) is 23.3. The Morgan fingerprint density at radius 1 is 0.893 bits per heavy atom. The summed E-state index contributed by atoms with van der Waals surface area (Å²) in [5.41, 5.74) is 0. The topological polar surface area (TPSA) is 196 Å². The number of aliphatic hydroxyl groups excluding tert-OH is 7. The Kier molecular flexibility index (Phi) is 8.51. The predicted octanol–water partition coefficient (Wildman–Crippen LogP) is -4.05. The van der Waals surface area contributed by atoms with E-state index < -0.39 is 80.6 Å². The number of hydrogen-bond donors (Lipinski definition) is 7. The second-order valence-electron chi connectivity index (χ2n) is 6.78. The van der Waals surface area contributed by atoms with Gasteiger partial charge in [0, 0.05) is 6.42 Å². The molecule has 0 amide bonds. The largest absolute Gasteiger partial charge is 0.463 e. The molecule has 0 aromatic carbocycles. The number of rotatable bonds is 7. The van der Waals surface area contributed by atoms with Crippen LogP contribution in [0.4, 0.5) is 0 Å². The van der Waals surface area contributed by atoms with Gasteiger partial charge in [-0.25, -0.2) is 0 Å². The third-order valence-corrected chi connectivity index (χ3v) is 4.66. The average Bonchev–Trinajstić information content (AvgIpc) is 2.67. The van der Waals surface area contributed by atoms with Crippen LogP contribution in [0.1, 0.15) is 19.8 Å². The highest BCUT2D eigenvalue weighted by molar-refractivity contribution is 5.69. The Hall–Kier alpha value is -0.930. The van der Waals surface area contributed by atoms with E-state index in [4.69, 9.17) is 18.9 Å². The van der Waals surface area contributed by atoms with Crippen LogP contribution in [0.5, 0.6) is 0 Å². The summed E-state index contributed by atoms with van der Waals surface area (Å²) in [5, 5.41) is 68.9. The zero-order valence-electron chi connectivity index (χ0n) is 15.3. The van der Waals surface area contributed by atoms with Crippen molar-refractivity contribution in [3.63, 3.8) is 0 Å². The van der Waals surface area contributed by atoms with E-state index in [9.17, 15) is 40.5 Å². The molecule has 2 aliphatic rings. The van der Waals surface area contributed by atoms with E-state index in [1.165, 1.54) is 0 Å². The van der Waals surface area contributed by atoms with Crippen LogP contribution in [0, 0.1) is 0 Å². The third kappa shape index (κ3) is 5.16. The molecule has 164 valence electrons. The van der Waals surface area contributed by atoms with Gasteiger partial charge in [0.1, 0.15) is 55.4 Å². The maximum absolute atomic E-state index is 11.5. The van der Waals surface area contributed by atoms with Crippen molar-refractivity contribution in [2.24, 2.45) is 0 Å². The van der Waals surface area contributed by atoms with Gasteiger partial charge in [-0.2, -0.15) is 0 Å². The van der Waals surface area contributed by atoms with E-state index in [2.05, 4.69) is 0 Å². The number of carbonyl (C=O) groups excluding carboxylic acids is 1. The summed E-state index contributed by atoms with van der Waals surface area (Å²) in [6.45, 7) is 0.660. The van der Waals surface area contributed by atoms with Gasteiger partial charge in [-0.1, -0.05) is 6.92 Å². The lowest BCUT2D eigenvalue weighted by Crippen LogP contribution is -2.64. The first-order chi connectivity index (χ1) is 13.2. The minimum absolute atomic E-state index is 0.151. The number of ether oxygens (including phenoxy) is 4. The second kappa shape index (κ2) is 10.2. The van der Waals surface area contributed by atoms with Gasteiger partial charge in [0.2, 0.25) is 0 Å². The predicted molar refractivity (Wildman–Crippen MR) is 87.4 cm³/mol. The summed E-state index contributed by atoms with van der Waals surface area (Å²) >= 11 is 0. The smallest absolute Gasteiger partial charge is 0.305 e. The van der Waals surface area contributed by atoms with Gasteiger partial charge < -0.3 is 54.7 Å². The highest BCUT2D eigenvalue weighted by Gasteiger charge is 2.50. The summed E-state index contributed by atoms with van der Waals surface area (Å²) in [5.74, 6) is -0.537. The van der Waals surface area contributed by atoms with Crippen LogP contribution in [0.25, 0.3) is 0 Å². The molecule has 2 fully saturated rings. The van der Waals surface area contributed by atoms with Crippen LogP contribution in [-0.2, 0) is 23.7 Å². The standard InChI is InChI=1S/C16H28O12/c1-2-3-8(18)25-5-7-9(19)10(20)13(23)16(27-7)28-14-6(4-17)26-15(24)12(22)11(14)21/h6-7,9-17,19-24H,2-5H2,1H3/t6-,7-,9+,10+,11-,12-,13-,14-,15-,16+/m1/s1. The van der Waals surface area contributed by atoms with Gasteiger partial charge >= 0.3 is 5.97 Å². The summed E-state index contributed by atoms with van der Waals surface area (Å²) in [4.78, 5) is 11.5. The lowest BCUT2D eigenvalue weighted by molar-refractivity contribution is -0.355. The molecule has 10 atom stereocenters. The molecule has 12 nitrogen and oxygen atoms in total. The Balaban J connectivity index is 2.06. The molecule has 0 unspecified atom stereocenters. The first-order valence-corrected chi connectivity index (χ1v) is 9.02. The van der Waals surface area contributed by atoms with Gasteiger partial charge in [0.25, 0.3) is 0 Å². The molecule has 0 aromatic rings.